The number of nitrogens with zero attached hydrogens (tertiary/aromatic N) is 1. The van der Waals surface area contributed by atoms with Gasteiger partial charge in [-0.05, 0) is 30.2 Å². The van der Waals surface area contributed by atoms with Crippen LogP contribution in [0.4, 0.5) is 5.69 Å². The predicted molar refractivity (Wildman–Crippen MR) is 96.7 cm³/mol. The lowest BCUT2D eigenvalue weighted by Crippen LogP contribution is -2.26. The van der Waals surface area contributed by atoms with E-state index in [1.807, 2.05) is 49.4 Å². The molecule has 0 unspecified atom stereocenters. The number of aryl methyl sites for hydroxylation is 1. The highest BCUT2D eigenvalue weighted by molar-refractivity contribution is 5.95. The Morgan fingerprint density at radius 2 is 1.88 bits per heavy atom. The molecule has 0 radical (unpaired) electrons. The number of carbonyl (C=O) groups excluding carboxylic acids is 2. The van der Waals surface area contributed by atoms with Crippen molar-refractivity contribution in [3.63, 3.8) is 0 Å². The molecule has 0 saturated heterocycles. The molecule has 5 nitrogen and oxygen atoms in total. The van der Waals surface area contributed by atoms with Crippen molar-refractivity contribution in [2.45, 2.75) is 26.3 Å². The van der Waals surface area contributed by atoms with Crippen LogP contribution >= 0.6 is 0 Å². The molecular weight excluding hydrogens is 316 g/mol. The second-order valence-electron chi connectivity index (χ2n) is 6.29. The Hall–Kier alpha value is -2.82. The molecule has 0 aromatic heterocycles. The number of rotatable bonds is 4. The van der Waals surface area contributed by atoms with Gasteiger partial charge >= 0.3 is 0 Å². The van der Waals surface area contributed by atoms with E-state index in [9.17, 15) is 9.59 Å². The van der Waals surface area contributed by atoms with Gasteiger partial charge in [-0.25, -0.2) is 0 Å². The standard InChI is InChI=1S/C20H22N2O3/c1-14-3-5-15(6-4-14)12-19(23)21-13-16-7-8-18-17(11-16)22(2)20(24)9-10-25-18/h3-8,11H,9-10,12-13H2,1-2H3,(H,21,23). The molecule has 1 heterocycles. The van der Waals surface area contributed by atoms with E-state index in [-0.39, 0.29) is 11.8 Å². The lowest BCUT2D eigenvalue weighted by atomic mass is 10.1. The van der Waals surface area contributed by atoms with Gasteiger partial charge in [-0.2, -0.15) is 0 Å². The molecule has 0 fully saturated rings. The third-order valence-corrected chi connectivity index (χ3v) is 4.31. The van der Waals surface area contributed by atoms with Crippen molar-refractivity contribution in [3.8, 4) is 5.75 Å². The maximum absolute atomic E-state index is 12.1. The fraction of sp³-hybridized carbons (Fsp3) is 0.300. The Labute approximate surface area is 147 Å². The van der Waals surface area contributed by atoms with Crippen LogP contribution in [0.3, 0.4) is 0 Å². The normalized spacial score (nSPS) is 13.7. The maximum atomic E-state index is 12.1. The fourth-order valence-electron chi connectivity index (χ4n) is 2.76. The predicted octanol–water partition coefficient (Wildman–Crippen LogP) is 2.60. The summed E-state index contributed by atoms with van der Waals surface area (Å²) in [6, 6.07) is 13.6. The van der Waals surface area contributed by atoms with E-state index in [1.54, 1.807) is 11.9 Å². The van der Waals surface area contributed by atoms with E-state index in [1.165, 1.54) is 5.56 Å². The number of hydrogen-bond donors (Lipinski definition) is 1. The van der Waals surface area contributed by atoms with Crippen molar-refractivity contribution in [2.24, 2.45) is 0 Å². The zero-order valence-electron chi connectivity index (χ0n) is 14.5. The molecule has 0 aliphatic carbocycles. The molecule has 1 N–H and O–H groups in total. The molecule has 2 aromatic carbocycles. The molecule has 0 saturated carbocycles. The molecule has 5 heteroatoms. The Balaban J connectivity index is 1.63. The van der Waals surface area contributed by atoms with Crippen LogP contribution in [-0.4, -0.2) is 25.5 Å². The van der Waals surface area contributed by atoms with Crippen molar-refractivity contribution in [2.75, 3.05) is 18.6 Å². The van der Waals surface area contributed by atoms with E-state index >= 15 is 0 Å². The number of ether oxygens (including phenoxy) is 1. The monoisotopic (exact) mass is 338 g/mol. The third kappa shape index (κ3) is 4.18. The quantitative estimate of drug-likeness (QED) is 0.932. The number of anilines is 1. The summed E-state index contributed by atoms with van der Waals surface area (Å²) >= 11 is 0. The largest absolute Gasteiger partial charge is 0.491 e. The van der Waals surface area contributed by atoms with Crippen LogP contribution in [0.2, 0.25) is 0 Å². The van der Waals surface area contributed by atoms with Crippen LogP contribution in [-0.2, 0) is 22.6 Å². The van der Waals surface area contributed by atoms with Gasteiger partial charge in [-0.1, -0.05) is 35.9 Å². The molecule has 1 aliphatic heterocycles. The number of carbonyl (C=O) groups is 2. The Bertz CT molecular complexity index is 784. The van der Waals surface area contributed by atoms with Crippen LogP contribution in [0.15, 0.2) is 42.5 Å². The van der Waals surface area contributed by atoms with Gasteiger partial charge in [0.05, 0.1) is 25.1 Å². The number of amides is 2. The molecule has 2 amide bonds. The average Bonchev–Trinajstić information content (AvgIpc) is 2.74. The Kier molecular flexibility index (Phi) is 5.03. The Morgan fingerprint density at radius 3 is 2.64 bits per heavy atom. The highest BCUT2D eigenvalue weighted by atomic mass is 16.5. The van der Waals surface area contributed by atoms with Crippen LogP contribution in [0.25, 0.3) is 0 Å². The second-order valence-corrected chi connectivity index (χ2v) is 6.29. The van der Waals surface area contributed by atoms with E-state index in [4.69, 9.17) is 4.74 Å². The van der Waals surface area contributed by atoms with Gasteiger partial charge in [0.2, 0.25) is 11.8 Å². The SMILES string of the molecule is Cc1ccc(CC(=O)NCc2ccc3c(c2)N(C)C(=O)CCO3)cc1. The number of nitrogens with one attached hydrogen (secondary N) is 1. The molecule has 1 aliphatic rings. The first-order chi connectivity index (χ1) is 12.0. The first-order valence-corrected chi connectivity index (χ1v) is 8.37. The van der Waals surface area contributed by atoms with Crippen molar-refractivity contribution >= 4 is 17.5 Å². The van der Waals surface area contributed by atoms with Gasteiger partial charge in [0.25, 0.3) is 0 Å². The topological polar surface area (TPSA) is 58.6 Å². The minimum absolute atomic E-state index is 0.0271. The Morgan fingerprint density at radius 1 is 1.16 bits per heavy atom. The van der Waals surface area contributed by atoms with Gasteiger partial charge in [-0.3, -0.25) is 9.59 Å². The summed E-state index contributed by atoms with van der Waals surface area (Å²) in [5.41, 5.74) is 3.84. The van der Waals surface area contributed by atoms with E-state index < -0.39 is 0 Å². The summed E-state index contributed by atoms with van der Waals surface area (Å²) in [7, 11) is 1.75. The lowest BCUT2D eigenvalue weighted by Gasteiger charge is -2.17. The summed E-state index contributed by atoms with van der Waals surface area (Å²) in [5, 5.41) is 2.93. The van der Waals surface area contributed by atoms with Crippen molar-refractivity contribution < 1.29 is 14.3 Å². The summed E-state index contributed by atoms with van der Waals surface area (Å²) in [5.74, 6) is 0.696. The fourth-order valence-corrected chi connectivity index (χ4v) is 2.76. The molecule has 0 atom stereocenters. The smallest absolute Gasteiger partial charge is 0.230 e. The summed E-state index contributed by atoms with van der Waals surface area (Å²) in [6.07, 6.45) is 0.723. The molecule has 2 aromatic rings. The number of benzene rings is 2. The summed E-state index contributed by atoms with van der Waals surface area (Å²) in [6.45, 7) is 2.83. The van der Waals surface area contributed by atoms with Crippen LogP contribution in [0, 0.1) is 6.92 Å². The minimum Gasteiger partial charge on any atom is -0.491 e. The number of fused-ring (bicyclic) bond motifs is 1. The van der Waals surface area contributed by atoms with E-state index in [0.29, 0.717) is 31.7 Å². The van der Waals surface area contributed by atoms with Crippen molar-refractivity contribution in [3.05, 3.63) is 59.2 Å². The maximum Gasteiger partial charge on any atom is 0.230 e. The van der Waals surface area contributed by atoms with Gasteiger partial charge in [0.15, 0.2) is 0 Å². The molecule has 25 heavy (non-hydrogen) atoms. The third-order valence-electron chi connectivity index (χ3n) is 4.31. The zero-order valence-corrected chi connectivity index (χ0v) is 14.5. The van der Waals surface area contributed by atoms with E-state index in [2.05, 4.69) is 5.32 Å². The average molecular weight is 338 g/mol. The highest BCUT2D eigenvalue weighted by Crippen LogP contribution is 2.31. The second kappa shape index (κ2) is 7.38. The van der Waals surface area contributed by atoms with Gasteiger partial charge in [0.1, 0.15) is 5.75 Å². The first kappa shape index (κ1) is 17.0. The van der Waals surface area contributed by atoms with Gasteiger partial charge in [-0.15, -0.1) is 0 Å². The van der Waals surface area contributed by atoms with Crippen molar-refractivity contribution in [1.82, 2.24) is 5.32 Å². The molecule has 0 spiro atoms. The summed E-state index contributed by atoms with van der Waals surface area (Å²) < 4.78 is 5.61. The van der Waals surface area contributed by atoms with Crippen LogP contribution in [0.5, 0.6) is 5.75 Å². The van der Waals surface area contributed by atoms with Crippen molar-refractivity contribution in [1.29, 1.82) is 0 Å². The minimum atomic E-state index is -0.0283. The molecule has 3 rings (SSSR count). The van der Waals surface area contributed by atoms with Crippen LogP contribution < -0.4 is 15.0 Å². The number of hydrogen-bond acceptors (Lipinski definition) is 3. The first-order valence-electron chi connectivity index (χ1n) is 8.37. The molecule has 0 bridgehead atoms. The zero-order chi connectivity index (χ0) is 17.8. The van der Waals surface area contributed by atoms with Gasteiger partial charge in [0, 0.05) is 13.6 Å². The van der Waals surface area contributed by atoms with E-state index in [0.717, 1.165) is 16.8 Å². The molecule has 130 valence electrons. The van der Waals surface area contributed by atoms with Crippen LogP contribution in [0.1, 0.15) is 23.1 Å². The highest BCUT2D eigenvalue weighted by Gasteiger charge is 2.20. The van der Waals surface area contributed by atoms with Gasteiger partial charge < -0.3 is 15.0 Å². The molecular formula is C20H22N2O3. The summed E-state index contributed by atoms with van der Waals surface area (Å²) in [4.78, 5) is 25.7. The lowest BCUT2D eigenvalue weighted by molar-refractivity contribution is -0.120.